The van der Waals surface area contributed by atoms with Crippen molar-refractivity contribution in [3.05, 3.63) is 58.7 Å². The Labute approximate surface area is 118 Å². The molecule has 100 valence electrons. The molecular formula is C16H18O2S. The maximum Gasteiger partial charge on any atom is 0.119 e. The number of hydrogen-bond donors (Lipinski definition) is 2. The van der Waals surface area contributed by atoms with E-state index >= 15 is 0 Å². The average molecular weight is 274 g/mol. The van der Waals surface area contributed by atoms with Crippen molar-refractivity contribution in [2.45, 2.75) is 25.4 Å². The standard InChI is InChI=1S/C16H18O2S/c1-11-3-5-15(17)13(7-11)9-19-10-14-8-12(2)4-6-16(14)18/h3-8,17-18H,9-10H2,1-2H3. The van der Waals surface area contributed by atoms with Gasteiger partial charge in [-0.2, -0.15) is 11.8 Å². The second-order valence-corrected chi connectivity index (χ2v) is 5.74. The summed E-state index contributed by atoms with van der Waals surface area (Å²) in [7, 11) is 0. The molecule has 0 atom stereocenters. The Balaban J connectivity index is 2.00. The van der Waals surface area contributed by atoms with Crippen molar-refractivity contribution in [3.8, 4) is 11.5 Å². The Bertz CT molecular complexity index is 527. The Morgan fingerprint density at radius 1 is 0.789 bits per heavy atom. The van der Waals surface area contributed by atoms with E-state index in [0.717, 1.165) is 33.8 Å². The molecule has 19 heavy (non-hydrogen) atoms. The van der Waals surface area contributed by atoms with Gasteiger partial charge in [-0.25, -0.2) is 0 Å². The number of thioether (sulfide) groups is 1. The third-order valence-corrected chi connectivity index (χ3v) is 4.02. The molecule has 0 heterocycles. The second kappa shape index (κ2) is 6.02. The van der Waals surface area contributed by atoms with Gasteiger partial charge in [0.25, 0.3) is 0 Å². The van der Waals surface area contributed by atoms with Crippen LogP contribution in [0.15, 0.2) is 36.4 Å². The maximum absolute atomic E-state index is 9.77. The predicted octanol–water partition coefficient (Wildman–Crippen LogP) is 4.15. The summed E-state index contributed by atoms with van der Waals surface area (Å²) in [4.78, 5) is 0. The summed E-state index contributed by atoms with van der Waals surface area (Å²) in [5.74, 6) is 2.15. The Kier molecular flexibility index (Phi) is 4.38. The van der Waals surface area contributed by atoms with Crippen molar-refractivity contribution in [3.63, 3.8) is 0 Å². The van der Waals surface area contributed by atoms with Gasteiger partial charge < -0.3 is 10.2 Å². The third-order valence-electron chi connectivity index (χ3n) is 2.99. The van der Waals surface area contributed by atoms with Crippen LogP contribution in [0.1, 0.15) is 22.3 Å². The van der Waals surface area contributed by atoms with Gasteiger partial charge in [0, 0.05) is 22.6 Å². The van der Waals surface area contributed by atoms with Crippen LogP contribution in [0.25, 0.3) is 0 Å². The normalized spacial score (nSPS) is 10.6. The molecule has 0 spiro atoms. The van der Waals surface area contributed by atoms with Crippen molar-refractivity contribution in [1.82, 2.24) is 0 Å². The monoisotopic (exact) mass is 274 g/mol. The van der Waals surface area contributed by atoms with Crippen molar-refractivity contribution in [1.29, 1.82) is 0 Å². The van der Waals surface area contributed by atoms with Gasteiger partial charge in [0.05, 0.1) is 0 Å². The molecule has 2 aromatic rings. The van der Waals surface area contributed by atoms with Crippen LogP contribution in [0.2, 0.25) is 0 Å². The van der Waals surface area contributed by atoms with Crippen LogP contribution in [0.5, 0.6) is 11.5 Å². The molecule has 0 aliphatic heterocycles. The summed E-state index contributed by atoms with van der Waals surface area (Å²) < 4.78 is 0. The molecule has 2 nitrogen and oxygen atoms in total. The van der Waals surface area contributed by atoms with Gasteiger partial charge in [-0.05, 0) is 26.0 Å². The third kappa shape index (κ3) is 3.67. The fourth-order valence-corrected chi connectivity index (χ4v) is 2.94. The van der Waals surface area contributed by atoms with E-state index in [0.29, 0.717) is 11.5 Å². The molecule has 2 rings (SSSR count). The van der Waals surface area contributed by atoms with Crippen LogP contribution in [0, 0.1) is 13.8 Å². The summed E-state index contributed by atoms with van der Waals surface area (Å²) in [5, 5.41) is 19.5. The fraction of sp³-hybridized carbons (Fsp3) is 0.250. The summed E-state index contributed by atoms with van der Waals surface area (Å²) in [6.07, 6.45) is 0. The lowest BCUT2D eigenvalue weighted by atomic mass is 10.1. The highest BCUT2D eigenvalue weighted by atomic mass is 32.2. The van der Waals surface area contributed by atoms with Crippen LogP contribution >= 0.6 is 11.8 Å². The summed E-state index contributed by atoms with van der Waals surface area (Å²) in [6.45, 7) is 4.03. The Morgan fingerprint density at radius 2 is 1.21 bits per heavy atom. The molecule has 0 saturated heterocycles. The lowest BCUT2D eigenvalue weighted by molar-refractivity contribution is 0.470. The topological polar surface area (TPSA) is 40.5 Å². The highest BCUT2D eigenvalue weighted by Crippen LogP contribution is 2.28. The van der Waals surface area contributed by atoms with Crippen molar-refractivity contribution in [2.75, 3.05) is 0 Å². The number of hydrogen-bond acceptors (Lipinski definition) is 3. The zero-order valence-corrected chi connectivity index (χ0v) is 12.0. The quantitative estimate of drug-likeness (QED) is 0.880. The summed E-state index contributed by atoms with van der Waals surface area (Å²) in [6, 6.07) is 11.3. The number of rotatable bonds is 4. The number of benzene rings is 2. The van der Waals surface area contributed by atoms with Crippen LogP contribution in [-0.2, 0) is 11.5 Å². The van der Waals surface area contributed by atoms with E-state index in [1.165, 1.54) is 0 Å². The van der Waals surface area contributed by atoms with Crippen molar-refractivity contribution >= 4 is 11.8 Å². The molecular weight excluding hydrogens is 256 g/mol. The largest absolute Gasteiger partial charge is 0.508 e. The molecule has 0 amide bonds. The van der Waals surface area contributed by atoms with E-state index in [2.05, 4.69) is 0 Å². The lowest BCUT2D eigenvalue weighted by Crippen LogP contribution is -1.87. The molecule has 0 aliphatic carbocycles. The zero-order valence-electron chi connectivity index (χ0n) is 11.2. The Hall–Kier alpha value is -1.61. The van der Waals surface area contributed by atoms with Gasteiger partial charge >= 0.3 is 0 Å². The number of phenols is 2. The minimum atomic E-state index is 0.339. The first-order valence-electron chi connectivity index (χ1n) is 6.21. The average Bonchev–Trinajstić information content (AvgIpc) is 2.38. The molecule has 0 unspecified atom stereocenters. The Morgan fingerprint density at radius 3 is 1.63 bits per heavy atom. The predicted molar refractivity (Wildman–Crippen MR) is 80.7 cm³/mol. The smallest absolute Gasteiger partial charge is 0.119 e. The SMILES string of the molecule is Cc1ccc(O)c(CSCc2cc(C)ccc2O)c1. The van der Waals surface area contributed by atoms with Gasteiger partial charge in [-0.1, -0.05) is 35.4 Å². The second-order valence-electron chi connectivity index (χ2n) is 4.76. The number of aryl methyl sites for hydroxylation is 2. The van der Waals surface area contributed by atoms with E-state index in [9.17, 15) is 10.2 Å². The van der Waals surface area contributed by atoms with Crippen LogP contribution < -0.4 is 0 Å². The van der Waals surface area contributed by atoms with Gasteiger partial charge in [-0.3, -0.25) is 0 Å². The molecule has 2 aromatic carbocycles. The molecule has 0 bridgehead atoms. The first-order valence-corrected chi connectivity index (χ1v) is 7.36. The van der Waals surface area contributed by atoms with E-state index in [1.807, 2.05) is 38.1 Å². The first-order chi connectivity index (χ1) is 9.06. The summed E-state index contributed by atoms with van der Waals surface area (Å²) >= 11 is 1.69. The van der Waals surface area contributed by atoms with Crippen molar-refractivity contribution in [2.24, 2.45) is 0 Å². The molecule has 0 fully saturated rings. The zero-order chi connectivity index (χ0) is 13.8. The van der Waals surface area contributed by atoms with E-state index in [1.54, 1.807) is 23.9 Å². The maximum atomic E-state index is 9.77. The van der Waals surface area contributed by atoms with Gasteiger partial charge in [0.2, 0.25) is 0 Å². The lowest BCUT2D eigenvalue weighted by Gasteiger charge is -2.08. The fourth-order valence-electron chi connectivity index (χ4n) is 1.93. The minimum Gasteiger partial charge on any atom is -0.508 e. The van der Waals surface area contributed by atoms with Crippen LogP contribution in [0.3, 0.4) is 0 Å². The van der Waals surface area contributed by atoms with Gasteiger partial charge in [-0.15, -0.1) is 0 Å². The highest BCUT2D eigenvalue weighted by molar-refractivity contribution is 7.97. The van der Waals surface area contributed by atoms with E-state index in [4.69, 9.17) is 0 Å². The van der Waals surface area contributed by atoms with E-state index < -0.39 is 0 Å². The van der Waals surface area contributed by atoms with Gasteiger partial charge in [0.15, 0.2) is 0 Å². The van der Waals surface area contributed by atoms with Gasteiger partial charge in [0.1, 0.15) is 11.5 Å². The molecule has 3 heteroatoms. The van der Waals surface area contributed by atoms with E-state index in [-0.39, 0.29) is 0 Å². The minimum absolute atomic E-state index is 0.339. The first kappa shape index (κ1) is 13.8. The van der Waals surface area contributed by atoms with Crippen LogP contribution in [0.4, 0.5) is 0 Å². The van der Waals surface area contributed by atoms with Crippen LogP contribution in [-0.4, -0.2) is 10.2 Å². The highest BCUT2D eigenvalue weighted by Gasteiger charge is 2.05. The molecule has 0 aromatic heterocycles. The number of phenolic OH excluding ortho intramolecular Hbond substituents is 2. The number of aromatic hydroxyl groups is 2. The molecule has 0 aliphatic rings. The summed E-state index contributed by atoms with van der Waals surface area (Å²) in [5.41, 5.74) is 4.17. The molecule has 0 radical (unpaired) electrons. The molecule has 0 saturated carbocycles. The van der Waals surface area contributed by atoms with Crippen molar-refractivity contribution < 1.29 is 10.2 Å². The molecule has 2 N–H and O–H groups in total.